The molecule has 0 bridgehead atoms. The monoisotopic (exact) mass is 474 g/mol. The van der Waals surface area contributed by atoms with Crippen molar-refractivity contribution in [1.29, 1.82) is 0 Å². The van der Waals surface area contributed by atoms with Crippen LogP contribution in [0.2, 0.25) is 0 Å². The van der Waals surface area contributed by atoms with Gasteiger partial charge in [0.15, 0.2) is 6.29 Å². The molecule has 4 aliphatic carbocycles. The number of rotatable bonds is 2. The molecule has 0 amide bonds. The van der Waals surface area contributed by atoms with E-state index in [1.165, 1.54) is 12.5 Å². The molecular weight excluding hydrogens is 428 g/mol. The normalized spacial score (nSPS) is 56.4. The molecule has 5 heteroatoms. The molecule has 0 radical (unpaired) electrons. The number of aliphatic hydroxyl groups excluding tert-OH is 2. The topological polar surface area (TPSA) is 76.0 Å². The Labute approximate surface area is 205 Å². The van der Waals surface area contributed by atoms with E-state index in [-0.39, 0.29) is 51.9 Å². The fraction of sp³-hybridized carbons (Fsp3) is 0.897. The van der Waals surface area contributed by atoms with E-state index in [4.69, 9.17) is 9.47 Å². The fourth-order valence-electron chi connectivity index (χ4n) is 10.5. The lowest BCUT2D eigenvalue weighted by Gasteiger charge is -2.71. The molecule has 1 heterocycles. The average molecular weight is 475 g/mol. The van der Waals surface area contributed by atoms with Gasteiger partial charge in [0.2, 0.25) is 0 Å². The summed E-state index contributed by atoms with van der Waals surface area (Å²) in [6, 6.07) is 0. The SMILES string of the molecule is CC[C@]1(C)C2CC[C@]3(C)C(C[C@H](OC(C)=O)[C@@]4(C)C3CC=C3[C@H](C)O[C@@H](O)[C@@H]34)[C@@]2(C)CC[C@@H]1O. The maximum Gasteiger partial charge on any atom is 0.302 e. The van der Waals surface area contributed by atoms with E-state index in [0.29, 0.717) is 17.8 Å². The van der Waals surface area contributed by atoms with Crippen molar-refractivity contribution in [3.63, 3.8) is 0 Å². The van der Waals surface area contributed by atoms with Gasteiger partial charge < -0.3 is 19.7 Å². The number of allylic oxidation sites excluding steroid dienone is 1. The van der Waals surface area contributed by atoms with Crippen molar-refractivity contribution in [3.05, 3.63) is 11.6 Å². The van der Waals surface area contributed by atoms with Crippen molar-refractivity contribution in [2.45, 2.75) is 118 Å². The number of fused-ring (bicyclic) bond motifs is 7. The minimum atomic E-state index is -0.854. The Morgan fingerprint density at radius 3 is 2.38 bits per heavy atom. The second-order valence-electron chi connectivity index (χ2n) is 13.4. The van der Waals surface area contributed by atoms with Crippen molar-refractivity contribution in [1.82, 2.24) is 0 Å². The zero-order valence-corrected chi connectivity index (χ0v) is 22.3. The van der Waals surface area contributed by atoms with E-state index in [1.54, 1.807) is 0 Å². The maximum absolute atomic E-state index is 12.4. The predicted molar refractivity (Wildman–Crippen MR) is 131 cm³/mol. The summed E-state index contributed by atoms with van der Waals surface area (Å²) in [6.07, 6.45) is 7.78. The molecular formula is C29H46O5. The summed E-state index contributed by atoms with van der Waals surface area (Å²) in [7, 11) is 0. The van der Waals surface area contributed by atoms with Gasteiger partial charge in [0.25, 0.3) is 0 Å². The second kappa shape index (κ2) is 7.79. The van der Waals surface area contributed by atoms with Crippen molar-refractivity contribution >= 4 is 5.97 Å². The molecule has 2 N–H and O–H groups in total. The van der Waals surface area contributed by atoms with E-state index in [0.717, 1.165) is 44.9 Å². The Balaban J connectivity index is 1.62. The van der Waals surface area contributed by atoms with Gasteiger partial charge in [-0.05, 0) is 91.4 Å². The number of esters is 1. The highest BCUT2D eigenvalue weighted by atomic mass is 16.6. The van der Waals surface area contributed by atoms with E-state index >= 15 is 0 Å². The third-order valence-electron chi connectivity index (χ3n) is 12.4. The first-order valence-electron chi connectivity index (χ1n) is 13.7. The van der Waals surface area contributed by atoms with Crippen LogP contribution >= 0.6 is 0 Å². The van der Waals surface area contributed by atoms with Crippen LogP contribution in [0.25, 0.3) is 0 Å². The van der Waals surface area contributed by atoms with E-state index in [2.05, 4.69) is 40.7 Å². The third-order valence-corrected chi connectivity index (χ3v) is 12.4. The number of aliphatic hydroxyl groups is 2. The summed E-state index contributed by atoms with van der Waals surface area (Å²) in [5, 5.41) is 22.1. The van der Waals surface area contributed by atoms with Gasteiger partial charge in [-0.2, -0.15) is 0 Å². The zero-order chi connectivity index (χ0) is 24.8. The molecule has 34 heavy (non-hydrogen) atoms. The highest BCUT2D eigenvalue weighted by Gasteiger charge is 2.71. The van der Waals surface area contributed by atoms with Gasteiger partial charge in [-0.3, -0.25) is 4.79 Å². The Morgan fingerprint density at radius 1 is 1.09 bits per heavy atom. The first kappa shape index (κ1) is 24.8. The van der Waals surface area contributed by atoms with Crippen LogP contribution in [-0.2, 0) is 14.3 Å². The molecule has 0 aromatic heterocycles. The molecule has 5 nitrogen and oxygen atoms in total. The molecule has 12 atom stereocenters. The molecule has 1 saturated heterocycles. The van der Waals surface area contributed by atoms with Crippen LogP contribution in [0.4, 0.5) is 0 Å². The average Bonchev–Trinajstić information content (AvgIpc) is 3.06. The highest BCUT2D eigenvalue weighted by Crippen LogP contribution is 2.74. The smallest absolute Gasteiger partial charge is 0.302 e. The van der Waals surface area contributed by atoms with Crippen LogP contribution in [0.1, 0.15) is 93.4 Å². The summed E-state index contributed by atoms with van der Waals surface area (Å²) in [5.74, 6) is 0.803. The number of carbonyl (C=O) groups excluding carboxylic acids is 1. The maximum atomic E-state index is 12.4. The van der Waals surface area contributed by atoms with Gasteiger partial charge in [0.05, 0.1) is 12.2 Å². The predicted octanol–water partition coefficient (Wildman–Crippen LogP) is 5.24. The molecule has 0 aromatic carbocycles. The minimum Gasteiger partial charge on any atom is -0.462 e. The summed E-state index contributed by atoms with van der Waals surface area (Å²) >= 11 is 0. The second-order valence-corrected chi connectivity index (χ2v) is 13.4. The fourth-order valence-corrected chi connectivity index (χ4v) is 10.5. The molecule has 3 saturated carbocycles. The number of ether oxygens (including phenoxy) is 2. The van der Waals surface area contributed by atoms with E-state index in [9.17, 15) is 15.0 Å². The van der Waals surface area contributed by atoms with Gasteiger partial charge in [0, 0.05) is 18.3 Å². The van der Waals surface area contributed by atoms with Crippen LogP contribution < -0.4 is 0 Å². The largest absolute Gasteiger partial charge is 0.462 e. The lowest BCUT2D eigenvalue weighted by molar-refractivity contribution is -0.262. The van der Waals surface area contributed by atoms with Crippen molar-refractivity contribution < 1.29 is 24.5 Å². The zero-order valence-electron chi connectivity index (χ0n) is 22.3. The van der Waals surface area contributed by atoms with Crippen LogP contribution in [0.3, 0.4) is 0 Å². The number of hydrogen-bond donors (Lipinski definition) is 2. The van der Waals surface area contributed by atoms with Crippen molar-refractivity contribution in [2.75, 3.05) is 0 Å². The molecule has 4 fully saturated rings. The van der Waals surface area contributed by atoms with Crippen molar-refractivity contribution in [3.8, 4) is 0 Å². The van der Waals surface area contributed by atoms with E-state index in [1.807, 2.05) is 6.92 Å². The molecule has 0 spiro atoms. The van der Waals surface area contributed by atoms with Crippen molar-refractivity contribution in [2.24, 2.45) is 45.3 Å². The van der Waals surface area contributed by atoms with E-state index < -0.39 is 6.29 Å². The minimum absolute atomic E-state index is 0.0729. The molecule has 5 rings (SSSR count). The van der Waals surface area contributed by atoms with Crippen LogP contribution in [0.5, 0.6) is 0 Å². The Hall–Kier alpha value is -0.910. The standard InChI is InChI=1S/C29H46O5/c1-8-26(4)19-11-13-28(6)20-10-9-18-16(2)33-25(32)24(18)29(20,7)23(34-17(3)30)15-21(28)27(19,5)14-12-22(26)31/h9,16,19-25,31-32H,8,10-15H2,1-7H3/t16-,19?,20?,21?,22-,23-,24+,25+,26+,27-,28-,29+/m0/s1. The Kier molecular flexibility index (Phi) is 5.68. The molecule has 192 valence electrons. The van der Waals surface area contributed by atoms with Gasteiger partial charge in [-0.1, -0.05) is 40.7 Å². The summed E-state index contributed by atoms with van der Waals surface area (Å²) in [5.41, 5.74) is 0.928. The Bertz CT molecular complexity index is 884. The van der Waals surface area contributed by atoms with Gasteiger partial charge in [0.1, 0.15) is 6.10 Å². The first-order chi connectivity index (χ1) is 15.8. The molecule has 1 aliphatic heterocycles. The van der Waals surface area contributed by atoms with Crippen LogP contribution in [0, 0.1) is 45.3 Å². The van der Waals surface area contributed by atoms with Crippen LogP contribution in [-0.4, -0.2) is 40.8 Å². The lowest BCUT2D eigenvalue weighted by atomic mass is 9.34. The molecule has 0 aromatic rings. The van der Waals surface area contributed by atoms with Gasteiger partial charge in [-0.15, -0.1) is 0 Å². The third kappa shape index (κ3) is 2.99. The lowest BCUT2D eigenvalue weighted by Crippen LogP contribution is -2.68. The first-order valence-corrected chi connectivity index (χ1v) is 13.7. The summed E-state index contributed by atoms with van der Waals surface area (Å²) < 4.78 is 12.1. The quantitative estimate of drug-likeness (QED) is 0.423. The van der Waals surface area contributed by atoms with Gasteiger partial charge >= 0.3 is 5.97 Å². The molecule has 5 aliphatic rings. The highest BCUT2D eigenvalue weighted by molar-refractivity contribution is 5.66. The van der Waals surface area contributed by atoms with Crippen LogP contribution in [0.15, 0.2) is 11.6 Å². The Morgan fingerprint density at radius 2 is 1.74 bits per heavy atom. The molecule has 3 unspecified atom stereocenters. The summed E-state index contributed by atoms with van der Waals surface area (Å²) in [6.45, 7) is 15.3. The summed E-state index contributed by atoms with van der Waals surface area (Å²) in [4.78, 5) is 12.4. The van der Waals surface area contributed by atoms with Gasteiger partial charge in [-0.25, -0.2) is 0 Å². The number of carbonyl (C=O) groups is 1. The number of hydrogen-bond acceptors (Lipinski definition) is 5.